The minimum absolute atomic E-state index is 0.0159. The number of amides is 1. The first-order chi connectivity index (χ1) is 21.2. The summed E-state index contributed by atoms with van der Waals surface area (Å²) >= 11 is 5.88. The van der Waals surface area contributed by atoms with Crippen LogP contribution in [0.4, 0.5) is 14.5 Å². The summed E-state index contributed by atoms with van der Waals surface area (Å²) in [6, 6.07) is 16.0. The van der Waals surface area contributed by atoms with Crippen LogP contribution in [0.2, 0.25) is 5.02 Å². The highest BCUT2D eigenvalue weighted by molar-refractivity contribution is 7.89. The molecule has 0 saturated carbocycles. The normalized spacial score (nSPS) is 18.9. The zero-order valence-corrected chi connectivity index (χ0v) is 25.8. The molecule has 236 valence electrons. The number of hydrogen-bond acceptors (Lipinski definition) is 6. The molecule has 12 heteroatoms. The number of sulfonamides is 1. The van der Waals surface area contributed by atoms with E-state index in [4.69, 9.17) is 16.3 Å². The number of hydrogen-bond donors (Lipinski definition) is 3. The van der Waals surface area contributed by atoms with Gasteiger partial charge in [-0.1, -0.05) is 41.9 Å². The van der Waals surface area contributed by atoms with Crippen LogP contribution in [0.3, 0.4) is 0 Å². The maximum Gasteiger partial charge on any atom is 0.243 e. The Morgan fingerprint density at radius 3 is 2.57 bits per heavy atom. The monoisotopic (exact) mass is 646 g/mol. The van der Waals surface area contributed by atoms with Crippen molar-refractivity contribution in [2.24, 2.45) is 0 Å². The van der Waals surface area contributed by atoms with Gasteiger partial charge >= 0.3 is 0 Å². The van der Waals surface area contributed by atoms with Crippen molar-refractivity contribution in [1.82, 2.24) is 14.9 Å². The molecule has 44 heavy (non-hydrogen) atoms. The molecule has 0 aliphatic carbocycles. The van der Waals surface area contributed by atoms with Gasteiger partial charge < -0.3 is 20.7 Å². The number of piperazine rings is 1. The SMILES string of the molecule is O=C(NC1CCOCC1)[C@H](Cc1ccc(Cl)c(F)c1)Nc1cccc(F)c1CC[C@H]1CNCCN1S(=O)(=O)c1ccccc1. The first-order valence-electron chi connectivity index (χ1n) is 14.9. The lowest BCUT2D eigenvalue weighted by Crippen LogP contribution is -2.53. The molecule has 8 nitrogen and oxygen atoms in total. The third-order valence-corrected chi connectivity index (χ3v) is 10.4. The largest absolute Gasteiger partial charge is 0.381 e. The lowest BCUT2D eigenvalue weighted by atomic mass is 9.99. The number of nitrogens with zero attached hydrogens (tertiary/aromatic N) is 1. The van der Waals surface area contributed by atoms with Gasteiger partial charge in [0.2, 0.25) is 15.9 Å². The van der Waals surface area contributed by atoms with E-state index in [1.54, 1.807) is 48.5 Å². The summed E-state index contributed by atoms with van der Waals surface area (Å²) < 4.78 is 63.5. The molecule has 0 spiro atoms. The zero-order chi connectivity index (χ0) is 31.1. The second-order valence-corrected chi connectivity index (χ2v) is 13.4. The van der Waals surface area contributed by atoms with Crippen LogP contribution in [-0.2, 0) is 32.4 Å². The fourth-order valence-electron chi connectivity index (χ4n) is 5.73. The molecular formula is C32H37ClF2N4O4S. The molecule has 3 N–H and O–H groups in total. The van der Waals surface area contributed by atoms with Gasteiger partial charge in [0.25, 0.3) is 0 Å². The van der Waals surface area contributed by atoms with Crippen LogP contribution < -0.4 is 16.0 Å². The lowest BCUT2D eigenvalue weighted by molar-refractivity contribution is -0.123. The number of carbonyl (C=O) groups excluding carboxylic acids is 1. The van der Waals surface area contributed by atoms with Gasteiger partial charge in [0.1, 0.15) is 17.7 Å². The predicted molar refractivity (Wildman–Crippen MR) is 166 cm³/mol. The van der Waals surface area contributed by atoms with Crippen molar-refractivity contribution >= 4 is 33.2 Å². The molecule has 2 heterocycles. The van der Waals surface area contributed by atoms with Crippen LogP contribution >= 0.6 is 11.6 Å². The smallest absolute Gasteiger partial charge is 0.243 e. The fourth-order valence-corrected chi connectivity index (χ4v) is 7.53. The van der Waals surface area contributed by atoms with Gasteiger partial charge in [-0.05, 0) is 67.6 Å². The molecule has 5 rings (SSSR count). The van der Waals surface area contributed by atoms with Crippen molar-refractivity contribution < 1.29 is 26.7 Å². The van der Waals surface area contributed by atoms with Gasteiger partial charge in [0.05, 0.1) is 9.92 Å². The van der Waals surface area contributed by atoms with E-state index in [0.29, 0.717) is 68.9 Å². The third kappa shape index (κ3) is 7.94. The van der Waals surface area contributed by atoms with Crippen LogP contribution in [0, 0.1) is 11.6 Å². The fraction of sp³-hybridized carbons (Fsp3) is 0.406. The van der Waals surface area contributed by atoms with Crippen molar-refractivity contribution in [3.63, 3.8) is 0 Å². The van der Waals surface area contributed by atoms with Crippen molar-refractivity contribution in [3.05, 3.63) is 94.5 Å². The van der Waals surface area contributed by atoms with Gasteiger partial charge in [0, 0.05) is 62.6 Å². The van der Waals surface area contributed by atoms with Crippen LogP contribution in [-0.4, -0.2) is 69.6 Å². The zero-order valence-electron chi connectivity index (χ0n) is 24.3. The Balaban J connectivity index is 1.36. The van der Waals surface area contributed by atoms with E-state index in [9.17, 15) is 17.6 Å². The van der Waals surface area contributed by atoms with E-state index < -0.39 is 33.7 Å². The number of rotatable bonds is 11. The predicted octanol–water partition coefficient (Wildman–Crippen LogP) is 4.53. The number of anilines is 1. The van der Waals surface area contributed by atoms with Crippen LogP contribution in [0.25, 0.3) is 0 Å². The first kappa shape index (κ1) is 32.3. The maximum atomic E-state index is 15.4. The maximum absolute atomic E-state index is 15.4. The molecule has 3 aromatic rings. The molecule has 2 aliphatic rings. The van der Waals surface area contributed by atoms with Gasteiger partial charge in [-0.3, -0.25) is 4.79 Å². The Hall–Kier alpha value is -3.09. The molecule has 0 unspecified atom stereocenters. The summed E-state index contributed by atoms with van der Waals surface area (Å²) in [5, 5.41) is 9.54. The number of ether oxygens (including phenoxy) is 1. The van der Waals surface area contributed by atoms with Gasteiger partial charge in [-0.2, -0.15) is 4.31 Å². The molecule has 2 saturated heterocycles. The Labute approximate surface area is 262 Å². The van der Waals surface area contributed by atoms with Crippen molar-refractivity contribution in [3.8, 4) is 0 Å². The highest BCUT2D eigenvalue weighted by Crippen LogP contribution is 2.27. The van der Waals surface area contributed by atoms with Crippen molar-refractivity contribution in [1.29, 1.82) is 0 Å². The number of halogens is 3. The Morgan fingerprint density at radius 1 is 1.05 bits per heavy atom. The molecular weight excluding hydrogens is 610 g/mol. The van der Waals surface area contributed by atoms with Crippen LogP contribution in [0.5, 0.6) is 0 Å². The van der Waals surface area contributed by atoms with Gasteiger partial charge in [-0.25, -0.2) is 17.2 Å². The highest BCUT2D eigenvalue weighted by Gasteiger charge is 2.33. The number of benzene rings is 3. The minimum atomic E-state index is -3.74. The summed E-state index contributed by atoms with van der Waals surface area (Å²) in [5.41, 5.74) is 1.33. The second kappa shape index (κ2) is 14.8. The Morgan fingerprint density at radius 2 is 1.82 bits per heavy atom. The van der Waals surface area contributed by atoms with E-state index in [-0.39, 0.29) is 34.7 Å². The van der Waals surface area contributed by atoms with E-state index in [1.165, 1.54) is 22.5 Å². The highest BCUT2D eigenvalue weighted by atomic mass is 35.5. The summed E-state index contributed by atoms with van der Waals surface area (Å²) in [7, 11) is -3.74. The third-order valence-electron chi connectivity index (χ3n) is 8.13. The van der Waals surface area contributed by atoms with E-state index in [1.807, 2.05) is 0 Å². The molecule has 2 atom stereocenters. The van der Waals surface area contributed by atoms with E-state index >= 15 is 4.39 Å². The summed E-state index contributed by atoms with van der Waals surface area (Å²) in [6.07, 6.45) is 2.07. The molecule has 0 bridgehead atoms. The molecule has 1 amide bonds. The standard InChI is InChI=1S/C32H37ClF2N4O4S/c33-27-12-9-22(19-29(27)35)20-31(32(40)37-23-13-17-43-18-14-23)38-30-8-4-7-28(34)26(30)11-10-24-21-36-15-16-39(24)44(41,42)25-5-2-1-3-6-25/h1-9,12,19,23-24,31,36,38H,10-11,13-18,20-21H2,(H,37,40)/t24-,31-/m0/s1. The molecule has 2 fully saturated rings. The molecule has 0 radical (unpaired) electrons. The second-order valence-electron chi connectivity index (χ2n) is 11.1. The van der Waals surface area contributed by atoms with Crippen molar-refractivity contribution in [2.45, 2.75) is 55.1 Å². The Kier molecular flexibility index (Phi) is 10.9. The Bertz CT molecular complexity index is 1540. The number of nitrogens with one attached hydrogen (secondary N) is 3. The molecule has 2 aliphatic heterocycles. The van der Waals surface area contributed by atoms with E-state index in [0.717, 1.165) is 0 Å². The van der Waals surface area contributed by atoms with Gasteiger partial charge in [-0.15, -0.1) is 0 Å². The molecule has 0 aromatic heterocycles. The first-order valence-corrected chi connectivity index (χ1v) is 16.7. The average Bonchev–Trinajstić information content (AvgIpc) is 3.03. The number of carbonyl (C=O) groups is 1. The molecule has 3 aromatic carbocycles. The van der Waals surface area contributed by atoms with E-state index in [2.05, 4.69) is 16.0 Å². The average molecular weight is 647 g/mol. The minimum Gasteiger partial charge on any atom is -0.381 e. The quantitative estimate of drug-likeness (QED) is 0.283. The summed E-state index contributed by atoms with van der Waals surface area (Å²) in [6.45, 7) is 2.35. The van der Waals surface area contributed by atoms with Crippen molar-refractivity contribution in [2.75, 3.05) is 38.2 Å². The van der Waals surface area contributed by atoms with Crippen LogP contribution in [0.15, 0.2) is 71.6 Å². The van der Waals surface area contributed by atoms with Gasteiger partial charge in [0.15, 0.2) is 0 Å². The summed E-state index contributed by atoms with van der Waals surface area (Å²) in [4.78, 5) is 13.8. The summed E-state index contributed by atoms with van der Waals surface area (Å²) in [5.74, 6) is -1.34. The van der Waals surface area contributed by atoms with Crippen LogP contribution in [0.1, 0.15) is 30.4 Å². The topological polar surface area (TPSA) is 99.8 Å². The lowest BCUT2D eigenvalue weighted by Gasteiger charge is -2.35.